The van der Waals surface area contributed by atoms with Gasteiger partial charge in [0, 0.05) is 41.8 Å². The molecule has 2 aromatic rings. The van der Waals surface area contributed by atoms with Gasteiger partial charge in [-0.1, -0.05) is 0 Å². The van der Waals surface area contributed by atoms with Gasteiger partial charge >= 0.3 is 0 Å². The minimum absolute atomic E-state index is 0.118. The maximum absolute atomic E-state index is 12.4. The Kier molecular flexibility index (Phi) is 4.54. The number of amidine groups is 1. The summed E-state index contributed by atoms with van der Waals surface area (Å²) in [7, 11) is 1.70. The highest BCUT2D eigenvalue weighted by Crippen LogP contribution is 2.38. The number of carbonyl (C=O) groups is 1. The van der Waals surface area contributed by atoms with Gasteiger partial charge in [-0.2, -0.15) is 0 Å². The molecule has 1 aromatic carbocycles. The summed E-state index contributed by atoms with van der Waals surface area (Å²) in [6.07, 6.45) is 1.72. The number of thioether (sulfide) groups is 1. The van der Waals surface area contributed by atoms with Crippen molar-refractivity contribution in [3.8, 4) is 11.5 Å². The van der Waals surface area contributed by atoms with Crippen molar-refractivity contribution in [3.05, 3.63) is 43.2 Å². The Morgan fingerprint density at radius 1 is 1.32 bits per heavy atom. The minimum atomic E-state index is -0.118. The highest BCUT2D eigenvalue weighted by molar-refractivity contribution is 14.1. The van der Waals surface area contributed by atoms with Crippen molar-refractivity contribution in [1.29, 1.82) is 0 Å². The molecule has 0 unspecified atom stereocenters. The van der Waals surface area contributed by atoms with E-state index < -0.39 is 0 Å². The number of carbonyl (C=O) groups excluding carboxylic acids is 1. The molecule has 1 saturated heterocycles. The van der Waals surface area contributed by atoms with Crippen molar-refractivity contribution in [1.82, 2.24) is 4.90 Å². The normalized spacial score (nSPS) is 19.5. The summed E-state index contributed by atoms with van der Waals surface area (Å²) in [4.78, 5) is 19.1. The Bertz CT molecular complexity index is 921. The first-order chi connectivity index (χ1) is 12.0. The lowest BCUT2D eigenvalue weighted by Gasteiger charge is -2.07. The lowest BCUT2D eigenvalue weighted by molar-refractivity contribution is -0.121. The van der Waals surface area contributed by atoms with Crippen LogP contribution in [0.4, 0.5) is 5.69 Å². The number of ether oxygens (including phenoxy) is 2. The van der Waals surface area contributed by atoms with E-state index in [1.807, 2.05) is 18.2 Å². The number of furan rings is 1. The monoisotopic (exact) mass is 532 g/mol. The highest BCUT2D eigenvalue weighted by Gasteiger charge is 2.31. The molecule has 0 aliphatic carbocycles. The van der Waals surface area contributed by atoms with Crippen LogP contribution in [-0.4, -0.2) is 29.8 Å². The van der Waals surface area contributed by atoms with Crippen LogP contribution in [0.2, 0.25) is 0 Å². The zero-order valence-corrected chi connectivity index (χ0v) is 17.3. The lowest BCUT2D eigenvalue weighted by atomic mass is 10.3. The standard InChI is InChI=1S/C16H10BrIN2O4S/c1-20-15(21)13(6-9-5-10(17)14(18)24-9)25-16(20)19-8-2-3-11-12(4-8)23-7-22-11/h2-6H,7H2,1H3/b13-6-,19-16?. The third-order valence-corrected chi connectivity index (χ3v) is 6.71. The molecule has 9 heteroatoms. The van der Waals surface area contributed by atoms with Crippen LogP contribution in [0.15, 0.2) is 43.1 Å². The number of hydrogen-bond donors (Lipinski definition) is 0. The van der Waals surface area contributed by atoms with Gasteiger partial charge in [0.2, 0.25) is 6.79 Å². The molecule has 0 N–H and O–H groups in total. The average Bonchev–Trinajstić information content (AvgIpc) is 3.24. The second kappa shape index (κ2) is 6.69. The van der Waals surface area contributed by atoms with Gasteiger partial charge in [-0.25, -0.2) is 4.99 Å². The van der Waals surface area contributed by atoms with Crippen LogP contribution in [-0.2, 0) is 4.79 Å². The Balaban J connectivity index is 1.62. The number of fused-ring (bicyclic) bond motifs is 1. The van der Waals surface area contributed by atoms with Crippen LogP contribution in [0.5, 0.6) is 11.5 Å². The summed E-state index contributed by atoms with van der Waals surface area (Å²) in [5.41, 5.74) is 0.697. The van der Waals surface area contributed by atoms with E-state index >= 15 is 0 Å². The Labute approximate surface area is 169 Å². The largest absolute Gasteiger partial charge is 0.454 e. The van der Waals surface area contributed by atoms with Gasteiger partial charge in [0.1, 0.15) is 5.76 Å². The van der Waals surface area contributed by atoms with Gasteiger partial charge in [0.25, 0.3) is 5.91 Å². The Morgan fingerprint density at radius 3 is 2.88 bits per heavy atom. The van der Waals surface area contributed by atoms with Gasteiger partial charge in [0.15, 0.2) is 20.4 Å². The van der Waals surface area contributed by atoms with Crippen molar-refractivity contribution in [2.24, 2.45) is 4.99 Å². The first kappa shape index (κ1) is 17.0. The molecular weight excluding hydrogens is 523 g/mol. The molecule has 1 aromatic heterocycles. The van der Waals surface area contributed by atoms with Gasteiger partial charge < -0.3 is 13.9 Å². The summed E-state index contributed by atoms with van der Waals surface area (Å²) in [5.74, 6) is 1.85. The molecule has 4 rings (SSSR count). The molecule has 0 bridgehead atoms. The zero-order valence-electron chi connectivity index (χ0n) is 12.8. The Morgan fingerprint density at radius 2 is 2.12 bits per heavy atom. The van der Waals surface area contributed by atoms with E-state index in [4.69, 9.17) is 13.9 Å². The molecule has 128 valence electrons. The van der Waals surface area contributed by atoms with Crippen LogP contribution < -0.4 is 9.47 Å². The van der Waals surface area contributed by atoms with Crippen molar-refractivity contribution in [3.63, 3.8) is 0 Å². The minimum Gasteiger partial charge on any atom is -0.454 e. The topological polar surface area (TPSA) is 64.3 Å². The summed E-state index contributed by atoms with van der Waals surface area (Å²) in [6.45, 7) is 0.215. The van der Waals surface area contributed by atoms with Crippen molar-refractivity contribution in [2.75, 3.05) is 13.8 Å². The van der Waals surface area contributed by atoms with Gasteiger partial charge in [-0.05, 0) is 45.9 Å². The van der Waals surface area contributed by atoms with Gasteiger partial charge in [-0.3, -0.25) is 9.69 Å². The second-order valence-electron chi connectivity index (χ2n) is 5.18. The summed E-state index contributed by atoms with van der Waals surface area (Å²) in [5, 5.41) is 0.593. The molecule has 2 aliphatic rings. The number of likely N-dealkylation sites (N-methyl/N-ethyl adjacent to an activating group) is 1. The summed E-state index contributed by atoms with van der Waals surface area (Å²) in [6, 6.07) is 7.26. The van der Waals surface area contributed by atoms with E-state index in [0.29, 0.717) is 33.0 Å². The first-order valence-electron chi connectivity index (χ1n) is 7.12. The van der Waals surface area contributed by atoms with E-state index in [9.17, 15) is 4.79 Å². The smallest absolute Gasteiger partial charge is 0.266 e. The third kappa shape index (κ3) is 3.32. The molecule has 6 nitrogen and oxygen atoms in total. The lowest BCUT2D eigenvalue weighted by Crippen LogP contribution is -2.23. The number of rotatable bonds is 2. The maximum atomic E-state index is 12.4. The number of hydrogen-bond acceptors (Lipinski definition) is 6. The third-order valence-electron chi connectivity index (χ3n) is 3.52. The van der Waals surface area contributed by atoms with Crippen molar-refractivity contribution >= 4 is 73.1 Å². The highest BCUT2D eigenvalue weighted by atomic mass is 127. The molecule has 0 radical (unpaired) electrons. The fourth-order valence-electron chi connectivity index (χ4n) is 2.28. The quantitative estimate of drug-likeness (QED) is 0.417. The van der Waals surface area contributed by atoms with Crippen LogP contribution in [0.1, 0.15) is 5.76 Å². The predicted molar refractivity (Wildman–Crippen MR) is 107 cm³/mol. The van der Waals surface area contributed by atoms with Crippen molar-refractivity contribution < 1.29 is 18.7 Å². The van der Waals surface area contributed by atoms with Crippen LogP contribution in [0.25, 0.3) is 6.08 Å². The number of benzene rings is 1. The molecule has 1 amide bonds. The van der Waals surface area contributed by atoms with E-state index in [1.165, 1.54) is 16.7 Å². The van der Waals surface area contributed by atoms with Crippen LogP contribution in [0.3, 0.4) is 0 Å². The van der Waals surface area contributed by atoms with E-state index in [-0.39, 0.29) is 12.7 Å². The molecule has 2 aliphatic heterocycles. The molecule has 0 atom stereocenters. The van der Waals surface area contributed by atoms with E-state index in [0.717, 1.165) is 8.24 Å². The van der Waals surface area contributed by atoms with Gasteiger partial charge in [-0.15, -0.1) is 0 Å². The fourth-order valence-corrected chi connectivity index (χ4v) is 3.96. The summed E-state index contributed by atoms with van der Waals surface area (Å²) >= 11 is 6.78. The second-order valence-corrected chi connectivity index (χ2v) is 8.02. The molecular formula is C16H10BrIN2O4S. The molecule has 0 saturated carbocycles. The maximum Gasteiger partial charge on any atom is 0.266 e. The SMILES string of the molecule is CN1C(=O)/C(=C/c2cc(Br)c(I)o2)SC1=Nc1ccc2c(c1)OCO2. The average molecular weight is 533 g/mol. The Hall–Kier alpha value is -1.46. The van der Waals surface area contributed by atoms with Gasteiger partial charge in [0.05, 0.1) is 15.1 Å². The predicted octanol–water partition coefficient (Wildman–Crippen LogP) is 4.61. The van der Waals surface area contributed by atoms with Crippen LogP contribution in [0, 0.1) is 3.77 Å². The summed E-state index contributed by atoms with van der Waals surface area (Å²) < 4.78 is 17.8. The molecule has 1 fully saturated rings. The molecule has 3 heterocycles. The number of nitrogens with zero attached hydrogens (tertiary/aromatic N) is 2. The fraction of sp³-hybridized carbons (Fsp3) is 0.125. The molecule has 0 spiro atoms. The van der Waals surface area contributed by atoms with E-state index in [2.05, 4.69) is 43.5 Å². The number of aliphatic imine (C=N–C) groups is 1. The number of halogens is 2. The van der Waals surface area contributed by atoms with E-state index in [1.54, 1.807) is 19.2 Å². The zero-order chi connectivity index (χ0) is 17.6. The van der Waals surface area contributed by atoms with Crippen LogP contribution >= 0.6 is 50.3 Å². The van der Waals surface area contributed by atoms with Crippen molar-refractivity contribution in [2.45, 2.75) is 0 Å². The number of amides is 1. The molecule has 25 heavy (non-hydrogen) atoms. The first-order valence-corrected chi connectivity index (χ1v) is 9.81.